The van der Waals surface area contributed by atoms with Crippen LogP contribution >= 0.6 is 0 Å². The fourth-order valence-electron chi connectivity index (χ4n) is 1.92. The molecule has 0 unspecified atom stereocenters. The topological polar surface area (TPSA) is 20.3 Å². The van der Waals surface area contributed by atoms with E-state index < -0.39 is 0 Å². The predicted molar refractivity (Wildman–Crippen MR) is 75.1 cm³/mol. The summed E-state index contributed by atoms with van der Waals surface area (Å²) >= 11 is 0. The van der Waals surface area contributed by atoms with Crippen LogP contribution in [0.3, 0.4) is 0 Å². The number of carbonyl (C=O) groups is 1. The summed E-state index contributed by atoms with van der Waals surface area (Å²) in [5.41, 5.74) is 3.78. The summed E-state index contributed by atoms with van der Waals surface area (Å²) in [6, 6.07) is 15.6. The molecular weight excluding hydrogens is 222 g/mol. The van der Waals surface area contributed by atoms with Crippen LogP contribution in [-0.4, -0.2) is 13.0 Å². The van der Waals surface area contributed by atoms with Crippen molar-refractivity contribution in [1.82, 2.24) is 0 Å². The summed E-state index contributed by atoms with van der Waals surface area (Å²) in [5.74, 6) is 0.0300. The van der Waals surface area contributed by atoms with Gasteiger partial charge in [-0.25, -0.2) is 0 Å². The zero-order chi connectivity index (χ0) is 13.1. The number of aryl methyl sites for hydroxylation is 2. The molecule has 0 saturated heterocycles. The van der Waals surface area contributed by atoms with Gasteiger partial charge in [-0.05, 0) is 37.6 Å². The molecule has 2 nitrogen and oxygen atoms in total. The largest absolute Gasteiger partial charge is 0.311 e. The molecule has 18 heavy (non-hydrogen) atoms. The molecule has 2 aromatic carbocycles. The maximum Gasteiger partial charge on any atom is 0.258 e. The molecular formula is C16H17NO. The Morgan fingerprint density at radius 2 is 1.67 bits per heavy atom. The van der Waals surface area contributed by atoms with Gasteiger partial charge in [-0.1, -0.05) is 35.9 Å². The highest BCUT2D eigenvalue weighted by Crippen LogP contribution is 2.18. The summed E-state index contributed by atoms with van der Waals surface area (Å²) < 4.78 is 0. The lowest BCUT2D eigenvalue weighted by atomic mass is 10.0. The third-order valence-electron chi connectivity index (χ3n) is 3.07. The normalized spacial score (nSPS) is 10.2. The monoisotopic (exact) mass is 239 g/mol. The van der Waals surface area contributed by atoms with Gasteiger partial charge in [0, 0.05) is 18.3 Å². The minimum atomic E-state index is 0.0300. The van der Waals surface area contributed by atoms with Crippen LogP contribution in [0.25, 0.3) is 0 Å². The van der Waals surface area contributed by atoms with E-state index in [0.717, 1.165) is 22.4 Å². The molecule has 0 aliphatic rings. The number of hydrogen-bond donors (Lipinski definition) is 0. The van der Waals surface area contributed by atoms with E-state index in [1.54, 1.807) is 11.9 Å². The van der Waals surface area contributed by atoms with Crippen molar-refractivity contribution >= 4 is 11.6 Å². The van der Waals surface area contributed by atoms with Crippen molar-refractivity contribution < 1.29 is 4.79 Å². The number of amides is 1. The molecule has 2 heteroatoms. The van der Waals surface area contributed by atoms with Gasteiger partial charge in [0.2, 0.25) is 0 Å². The summed E-state index contributed by atoms with van der Waals surface area (Å²) in [5, 5.41) is 0. The number of carbonyl (C=O) groups excluding carboxylic acids is 1. The number of benzene rings is 2. The minimum absolute atomic E-state index is 0.0300. The summed E-state index contributed by atoms with van der Waals surface area (Å²) in [7, 11) is 1.80. The molecule has 0 radical (unpaired) electrons. The first-order chi connectivity index (χ1) is 8.59. The van der Waals surface area contributed by atoms with Crippen LogP contribution in [0.5, 0.6) is 0 Å². The van der Waals surface area contributed by atoms with Crippen LogP contribution in [0.4, 0.5) is 5.69 Å². The van der Waals surface area contributed by atoms with Crippen LogP contribution in [0.2, 0.25) is 0 Å². The summed E-state index contributed by atoms with van der Waals surface area (Å²) in [6.45, 7) is 3.96. The van der Waals surface area contributed by atoms with E-state index >= 15 is 0 Å². The second kappa shape index (κ2) is 5.05. The number of anilines is 1. The van der Waals surface area contributed by atoms with Crippen LogP contribution < -0.4 is 4.90 Å². The van der Waals surface area contributed by atoms with Gasteiger partial charge in [-0.3, -0.25) is 4.79 Å². The zero-order valence-corrected chi connectivity index (χ0v) is 11.0. The average molecular weight is 239 g/mol. The first kappa shape index (κ1) is 12.4. The van der Waals surface area contributed by atoms with Crippen molar-refractivity contribution in [2.24, 2.45) is 0 Å². The molecule has 0 bridgehead atoms. The third-order valence-corrected chi connectivity index (χ3v) is 3.07. The Hall–Kier alpha value is -2.09. The van der Waals surface area contributed by atoms with Gasteiger partial charge < -0.3 is 4.90 Å². The summed E-state index contributed by atoms with van der Waals surface area (Å²) in [4.78, 5) is 14.1. The van der Waals surface area contributed by atoms with Gasteiger partial charge in [-0.2, -0.15) is 0 Å². The van der Waals surface area contributed by atoms with E-state index in [1.165, 1.54) is 0 Å². The van der Waals surface area contributed by atoms with Crippen molar-refractivity contribution in [1.29, 1.82) is 0 Å². The van der Waals surface area contributed by atoms with Crippen LogP contribution in [0, 0.1) is 13.8 Å². The highest BCUT2D eigenvalue weighted by Gasteiger charge is 2.15. The molecule has 0 N–H and O–H groups in total. The molecule has 2 rings (SSSR count). The molecule has 0 atom stereocenters. The Labute approximate surface area is 108 Å². The Morgan fingerprint density at radius 3 is 2.33 bits per heavy atom. The predicted octanol–water partition coefficient (Wildman–Crippen LogP) is 3.58. The minimum Gasteiger partial charge on any atom is -0.311 e. The molecule has 0 aromatic heterocycles. The first-order valence-corrected chi connectivity index (χ1v) is 6.00. The molecule has 0 aliphatic heterocycles. The van der Waals surface area contributed by atoms with Gasteiger partial charge >= 0.3 is 0 Å². The molecule has 1 amide bonds. The van der Waals surface area contributed by atoms with E-state index in [9.17, 15) is 4.79 Å². The maximum atomic E-state index is 12.4. The van der Waals surface area contributed by atoms with E-state index in [-0.39, 0.29) is 5.91 Å². The second-order valence-corrected chi connectivity index (χ2v) is 4.52. The number of rotatable bonds is 2. The van der Waals surface area contributed by atoms with Crippen molar-refractivity contribution in [2.75, 3.05) is 11.9 Å². The zero-order valence-electron chi connectivity index (χ0n) is 11.0. The van der Waals surface area contributed by atoms with E-state index in [0.29, 0.717) is 0 Å². The summed E-state index contributed by atoms with van der Waals surface area (Å²) in [6.07, 6.45) is 0. The Bertz CT molecular complexity index is 561. The lowest BCUT2D eigenvalue weighted by Crippen LogP contribution is -2.26. The van der Waals surface area contributed by atoms with E-state index in [4.69, 9.17) is 0 Å². The Morgan fingerprint density at radius 1 is 1.00 bits per heavy atom. The molecule has 0 saturated carbocycles. The number of para-hydroxylation sites is 1. The highest BCUT2D eigenvalue weighted by molar-refractivity contribution is 6.06. The molecule has 92 valence electrons. The number of hydrogen-bond acceptors (Lipinski definition) is 1. The van der Waals surface area contributed by atoms with Crippen LogP contribution in [0.1, 0.15) is 21.5 Å². The van der Waals surface area contributed by atoms with Crippen molar-refractivity contribution in [3.8, 4) is 0 Å². The van der Waals surface area contributed by atoms with Gasteiger partial charge in [0.15, 0.2) is 0 Å². The lowest BCUT2D eigenvalue weighted by Gasteiger charge is -2.18. The smallest absolute Gasteiger partial charge is 0.258 e. The molecule has 0 heterocycles. The fraction of sp³-hybridized carbons (Fsp3) is 0.188. The lowest BCUT2D eigenvalue weighted by molar-refractivity contribution is 0.0992. The van der Waals surface area contributed by atoms with Gasteiger partial charge in [0.1, 0.15) is 0 Å². The SMILES string of the molecule is Cc1ccc(C)c(C(=O)N(C)c2ccccc2)c1. The Balaban J connectivity index is 2.34. The van der Waals surface area contributed by atoms with Crippen molar-refractivity contribution in [3.63, 3.8) is 0 Å². The second-order valence-electron chi connectivity index (χ2n) is 4.52. The Kier molecular flexibility index (Phi) is 3.47. The van der Waals surface area contributed by atoms with E-state index in [1.807, 2.05) is 62.4 Å². The molecule has 2 aromatic rings. The highest BCUT2D eigenvalue weighted by atomic mass is 16.2. The van der Waals surface area contributed by atoms with Crippen molar-refractivity contribution in [2.45, 2.75) is 13.8 Å². The quantitative estimate of drug-likeness (QED) is 0.784. The van der Waals surface area contributed by atoms with Gasteiger partial charge in [-0.15, -0.1) is 0 Å². The fourth-order valence-corrected chi connectivity index (χ4v) is 1.92. The molecule has 0 spiro atoms. The van der Waals surface area contributed by atoms with Crippen molar-refractivity contribution in [3.05, 3.63) is 65.2 Å². The standard InChI is InChI=1S/C16H17NO/c1-12-9-10-13(2)15(11-12)16(18)17(3)14-7-5-4-6-8-14/h4-11H,1-3H3. The van der Waals surface area contributed by atoms with Crippen LogP contribution in [0.15, 0.2) is 48.5 Å². The average Bonchev–Trinajstić information content (AvgIpc) is 2.41. The van der Waals surface area contributed by atoms with Gasteiger partial charge in [0.25, 0.3) is 5.91 Å². The first-order valence-electron chi connectivity index (χ1n) is 6.00. The van der Waals surface area contributed by atoms with Gasteiger partial charge in [0.05, 0.1) is 0 Å². The molecule has 0 fully saturated rings. The number of nitrogens with zero attached hydrogens (tertiary/aromatic N) is 1. The third kappa shape index (κ3) is 2.43. The maximum absolute atomic E-state index is 12.4. The molecule has 0 aliphatic carbocycles. The van der Waals surface area contributed by atoms with Crippen LogP contribution in [-0.2, 0) is 0 Å². The van der Waals surface area contributed by atoms with E-state index in [2.05, 4.69) is 0 Å².